The molecular weight excluding hydrogens is 172 g/mol. The first-order valence-corrected chi connectivity index (χ1v) is 6.05. The van der Waals surface area contributed by atoms with Gasteiger partial charge in [0.2, 0.25) is 0 Å². The van der Waals surface area contributed by atoms with Gasteiger partial charge in [-0.05, 0) is 30.6 Å². The predicted octanol–water partition coefficient (Wildman–Crippen LogP) is 4.12. The fraction of sp³-hybridized carbons (Fsp3) is 1.00. The Labute approximate surface area is 90.2 Å². The minimum absolute atomic E-state index is 0.453. The van der Waals surface area contributed by atoms with E-state index >= 15 is 0 Å². The maximum atomic E-state index is 5.93. The van der Waals surface area contributed by atoms with Gasteiger partial charge in [0.15, 0.2) is 0 Å². The summed E-state index contributed by atoms with van der Waals surface area (Å²) in [5, 5.41) is 0. The second-order valence-corrected chi connectivity index (χ2v) is 5.47. The Morgan fingerprint density at radius 2 is 1.43 bits per heavy atom. The maximum Gasteiger partial charge on any atom is 0.0600 e. The fourth-order valence-electron chi connectivity index (χ4n) is 1.45. The molecule has 0 N–H and O–H groups in total. The van der Waals surface area contributed by atoms with Crippen LogP contribution in [0.1, 0.15) is 54.4 Å². The van der Waals surface area contributed by atoms with Crippen LogP contribution in [-0.2, 0) is 4.74 Å². The Balaban J connectivity index is 3.74. The van der Waals surface area contributed by atoms with E-state index in [0.717, 1.165) is 18.4 Å². The van der Waals surface area contributed by atoms with Crippen molar-refractivity contribution >= 4 is 0 Å². The van der Waals surface area contributed by atoms with Crippen LogP contribution >= 0.6 is 0 Å². The molecule has 0 spiro atoms. The van der Waals surface area contributed by atoms with Crippen molar-refractivity contribution in [1.82, 2.24) is 0 Å². The third-order valence-corrected chi connectivity index (χ3v) is 2.47. The Morgan fingerprint density at radius 1 is 0.857 bits per heavy atom. The highest BCUT2D eigenvalue weighted by Crippen LogP contribution is 2.17. The number of ether oxygens (including phenoxy) is 1. The third-order valence-electron chi connectivity index (χ3n) is 2.47. The van der Waals surface area contributed by atoms with Gasteiger partial charge < -0.3 is 4.74 Å². The van der Waals surface area contributed by atoms with Crippen molar-refractivity contribution in [1.29, 1.82) is 0 Å². The van der Waals surface area contributed by atoms with Crippen LogP contribution < -0.4 is 0 Å². The van der Waals surface area contributed by atoms with E-state index in [4.69, 9.17) is 4.74 Å². The Kier molecular flexibility index (Phi) is 7.26. The normalized spacial score (nSPS) is 14.4. The molecule has 0 aromatic rings. The highest BCUT2D eigenvalue weighted by Gasteiger charge is 2.15. The van der Waals surface area contributed by atoms with Gasteiger partial charge >= 0.3 is 0 Å². The van der Waals surface area contributed by atoms with Crippen LogP contribution in [0.25, 0.3) is 0 Å². The van der Waals surface area contributed by atoms with Crippen molar-refractivity contribution in [3.8, 4) is 0 Å². The zero-order valence-electron chi connectivity index (χ0n) is 10.8. The molecule has 0 aliphatic rings. The molecule has 0 radical (unpaired) electrons. The molecule has 0 rings (SSSR count). The zero-order chi connectivity index (χ0) is 11.1. The monoisotopic (exact) mass is 200 g/mol. The minimum atomic E-state index is 0.453. The highest BCUT2D eigenvalue weighted by atomic mass is 16.5. The molecule has 1 nitrogen and oxygen atoms in total. The molecule has 0 heterocycles. The standard InChI is InChI=1S/C13H28O/c1-10(2)7-8-14-13(12(5)6)9-11(3)4/h10-13H,7-9H2,1-6H3. The molecule has 0 amide bonds. The van der Waals surface area contributed by atoms with Gasteiger partial charge in [0.1, 0.15) is 0 Å². The lowest BCUT2D eigenvalue weighted by atomic mass is 9.97. The third kappa shape index (κ3) is 7.37. The summed E-state index contributed by atoms with van der Waals surface area (Å²) in [5.74, 6) is 2.13. The molecule has 86 valence electrons. The lowest BCUT2D eigenvalue weighted by Crippen LogP contribution is -2.22. The smallest absolute Gasteiger partial charge is 0.0600 e. The molecule has 0 aromatic carbocycles. The van der Waals surface area contributed by atoms with Crippen LogP contribution in [-0.4, -0.2) is 12.7 Å². The van der Waals surface area contributed by atoms with Crippen LogP contribution in [0.3, 0.4) is 0 Å². The van der Waals surface area contributed by atoms with E-state index in [9.17, 15) is 0 Å². The summed E-state index contributed by atoms with van der Waals surface area (Å²) in [6, 6.07) is 0. The summed E-state index contributed by atoms with van der Waals surface area (Å²) in [5.41, 5.74) is 0. The zero-order valence-corrected chi connectivity index (χ0v) is 10.8. The van der Waals surface area contributed by atoms with Gasteiger partial charge in [0, 0.05) is 6.61 Å². The van der Waals surface area contributed by atoms with Crippen molar-refractivity contribution in [2.75, 3.05) is 6.61 Å². The van der Waals surface area contributed by atoms with E-state index in [1.54, 1.807) is 0 Å². The van der Waals surface area contributed by atoms with Crippen molar-refractivity contribution < 1.29 is 4.74 Å². The lowest BCUT2D eigenvalue weighted by molar-refractivity contribution is 0.00418. The molecule has 0 saturated carbocycles. The molecule has 14 heavy (non-hydrogen) atoms. The minimum Gasteiger partial charge on any atom is -0.378 e. The molecule has 1 heteroatoms. The molecule has 1 unspecified atom stereocenters. The van der Waals surface area contributed by atoms with Gasteiger partial charge in [-0.2, -0.15) is 0 Å². The number of rotatable bonds is 7. The number of hydrogen-bond donors (Lipinski definition) is 0. The summed E-state index contributed by atoms with van der Waals surface area (Å²) in [6.45, 7) is 14.5. The van der Waals surface area contributed by atoms with Crippen LogP contribution in [0.5, 0.6) is 0 Å². The van der Waals surface area contributed by atoms with E-state index in [1.165, 1.54) is 12.8 Å². The van der Waals surface area contributed by atoms with Crippen LogP contribution in [0.15, 0.2) is 0 Å². The number of hydrogen-bond acceptors (Lipinski definition) is 1. The highest BCUT2D eigenvalue weighted by molar-refractivity contribution is 4.64. The first kappa shape index (κ1) is 14.0. The van der Waals surface area contributed by atoms with Crippen molar-refractivity contribution in [3.05, 3.63) is 0 Å². The average Bonchev–Trinajstić information content (AvgIpc) is 2.00. The van der Waals surface area contributed by atoms with Gasteiger partial charge in [0.05, 0.1) is 6.10 Å². The maximum absolute atomic E-state index is 5.93. The molecule has 0 bridgehead atoms. The van der Waals surface area contributed by atoms with Gasteiger partial charge in [-0.15, -0.1) is 0 Å². The fourth-order valence-corrected chi connectivity index (χ4v) is 1.45. The van der Waals surface area contributed by atoms with Gasteiger partial charge in [-0.25, -0.2) is 0 Å². The second kappa shape index (κ2) is 7.28. The first-order chi connectivity index (χ1) is 6.43. The van der Waals surface area contributed by atoms with Crippen LogP contribution in [0, 0.1) is 17.8 Å². The van der Waals surface area contributed by atoms with E-state index in [0.29, 0.717) is 12.0 Å². The molecule has 1 atom stereocenters. The van der Waals surface area contributed by atoms with Gasteiger partial charge in [-0.1, -0.05) is 41.5 Å². The molecule has 0 aromatic heterocycles. The predicted molar refractivity (Wildman–Crippen MR) is 63.5 cm³/mol. The topological polar surface area (TPSA) is 9.23 Å². The van der Waals surface area contributed by atoms with Crippen molar-refractivity contribution in [2.24, 2.45) is 17.8 Å². The van der Waals surface area contributed by atoms with Crippen LogP contribution in [0.2, 0.25) is 0 Å². The quantitative estimate of drug-likeness (QED) is 0.600. The average molecular weight is 200 g/mol. The van der Waals surface area contributed by atoms with Gasteiger partial charge in [0.25, 0.3) is 0 Å². The molecular formula is C13H28O. The summed E-state index contributed by atoms with van der Waals surface area (Å²) >= 11 is 0. The van der Waals surface area contributed by atoms with Crippen LogP contribution in [0.4, 0.5) is 0 Å². The Hall–Kier alpha value is -0.0400. The van der Waals surface area contributed by atoms with Gasteiger partial charge in [-0.3, -0.25) is 0 Å². The second-order valence-electron chi connectivity index (χ2n) is 5.47. The summed E-state index contributed by atoms with van der Waals surface area (Å²) in [4.78, 5) is 0. The Bertz CT molecular complexity index is 127. The largest absolute Gasteiger partial charge is 0.378 e. The van der Waals surface area contributed by atoms with E-state index < -0.39 is 0 Å². The summed E-state index contributed by atoms with van der Waals surface area (Å²) in [7, 11) is 0. The molecule has 0 saturated heterocycles. The SMILES string of the molecule is CC(C)CCOC(CC(C)C)C(C)C. The molecule has 0 fully saturated rings. The van der Waals surface area contributed by atoms with Crippen molar-refractivity contribution in [2.45, 2.75) is 60.5 Å². The van der Waals surface area contributed by atoms with E-state index in [1.807, 2.05) is 0 Å². The van der Waals surface area contributed by atoms with Crippen molar-refractivity contribution in [3.63, 3.8) is 0 Å². The lowest BCUT2D eigenvalue weighted by Gasteiger charge is -2.23. The Morgan fingerprint density at radius 3 is 1.79 bits per heavy atom. The summed E-state index contributed by atoms with van der Waals surface area (Å²) in [6.07, 6.45) is 2.82. The molecule has 0 aliphatic carbocycles. The first-order valence-electron chi connectivity index (χ1n) is 6.05. The van der Waals surface area contributed by atoms with E-state index in [-0.39, 0.29) is 0 Å². The molecule has 0 aliphatic heterocycles. The van der Waals surface area contributed by atoms with E-state index in [2.05, 4.69) is 41.5 Å². The summed E-state index contributed by atoms with van der Waals surface area (Å²) < 4.78 is 5.93.